The van der Waals surface area contributed by atoms with Crippen LogP contribution in [0, 0.1) is 5.92 Å². The Kier molecular flexibility index (Phi) is 7.37. The highest BCUT2D eigenvalue weighted by molar-refractivity contribution is 5.95. The Hall–Kier alpha value is -3.22. The van der Waals surface area contributed by atoms with Crippen LogP contribution in [-0.4, -0.2) is 43.6 Å². The number of rotatable bonds is 7. The van der Waals surface area contributed by atoms with Gasteiger partial charge >= 0.3 is 0 Å². The number of unbranched alkanes of at least 4 members (excludes halogenated alkanes) is 1. The number of hydrogen-bond donors (Lipinski definition) is 1. The number of fused-ring (bicyclic) bond motifs is 1. The zero-order chi connectivity index (χ0) is 23.2. The van der Waals surface area contributed by atoms with Gasteiger partial charge in [0, 0.05) is 36.7 Å². The van der Waals surface area contributed by atoms with E-state index in [-0.39, 0.29) is 17.9 Å². The molecule has 0 aromatic heterocycles. The minimum Gasteiger partial charge on any atom is -0.496 e. The van der Waals surface area contributed by atoms with Gasteiger partial charge in [0.15, 0.2) is 11.5 Å². The summed E-state index contributed by atoms with van der Waals surface area (Å²) in [6, 6.07) is 12.7. The van der Waals surface area contributed by atoms with Gasteiger partial charge in [0.2, 0.25) is 11.8 Å². The van der Waals surface area contributed by atoms with E-state index < -0.39 is 5.92 Å². The first-order valence-corrected chi connectivity index (χ1v) is 11.7. The number of methoxy groups -OCH3 is 1. The lowest BCUT2D eigenvalue weighted by Crippen LogP contribution is -2.47. The first-order valence-electron chi connectivity index (χ1n) is 11.7. The van der Waals surface area contributed by atoms with Crippen LogP contribution in [0.5, 0.6) is 17.2 Å². The Morgan fingerprint density at radius 3 is 2.73 bits per heavy atom. The Morgan fingerprint density at radius 2 is 1.94 bits per heavy atom. The number of piperidine rings is 1. The van der Waals surface area contributed by atoms with Crippen molar-refractivity contribution in [3.63, 3.8) is 0 Å². The summed E-state index contributed by atoms with van der Waals surface area (Å²) in [4.78, 5) is 28.3. The largest absolute Gasteiger partial charge is 0.496 e. The summed E-state index contributed by atoms with van der Waals surface area (Å²) >= 11 is 0. The van der Waals surface area contributed by atoms with Crippen LogP contribution in [0.1, 0.15) is 50.6 Å². The molecule has 7 heteroatoms. The van der Waals surface area contributed by atoms with Gasteiger partial charge in [0.05, 0.1) is 32.3 Å². The summed E-state index contributed by atoms with van der Waals surface area (Å²) in [5.74, 6) is 1.58. The van der Waals surface area contributed by atoms with Crippen molar-refractivity contribution in [3.8, 4) is 17.2 Å². The molecule has 0 saturated carbocycles. The molecule has 7 nitrogen and oxygen atoms in total. The standard InChI is InChI=1S/C26H32N2O5/c1-3-4-14-28-24(29)13-11-20(25(28)19-8-5-6-9-21(19)31-2)26(30)27-18-10-12-22-23(17-18)33-16-7-15-32-22/h5-6,8-10,12,17,20,25H,3-4,7,11,13-16H2,1-2H3,(H,27,30)/t20-,25+/m0/s1. The van der Waals surface area contributed by atoms with Crippen LogP contribution >= 0.6 is 0 Å². The van der Waals surface area contributed by atoms with Gasteiger partial charge in [-0.3, -0.25) is 9.59 Å². The van der Waals surface area contributed by atoms with Crippen LogP contribution in [0.4, 0.5) is 5.69 Å². The van der Waals surface area contributed by atoms with Crippen molar-refractivity contribution in [1.29, 1.82) is 0 Å². The molecule has 0 aliphatic carbocycles. The second kappa shape index (κ2) is 10.6. The molecule has 2 aromatic rings. The number of hydrogen-bond acceptors (Lipinski definition) is 5. The molecule has 33 heavy (non-hydrogen) atoms. The van der Waals surface area contributed by atoms with E-state index in [9.17, 15) is 9.59 Å². The molecular weight excluding hydrogens is 420 g/mol. The summed E-state index contributed by atoms with van der Waals surface area (Å²) in [7, 11) is 1.62. The maximum Gasteiger partial charge on any atom is 0.229 e. The summed E-state index contributed by atoms with van der Waals surface area (Å²) in [6.45, 7) is 3.91. The van der Waals surface area contributed by atoms with Gasteiger partial charge in [0.25, 0.3) is 0 Å². The highest BCUT2D eigenvalue weighted by Crippen LogP contribution is 2.41. The highest BCUT2D eigenvalue weighted by atomic mass is 16.5. The number of nitrogens with zero attached hydrogens (tertiary/aromatic N) is 1. The lowest BCUT2D eigenvalue weighted by Gasteiger charge is -2.41. The molecule has 0 radical (unpaired) electrons. The molecule has 0 spiro atoms. The molecule has 1 fully saturated rings. The summed E-state index contributed by atoms with van der Waals surface area (Å²) < 4.78 is 17.1. The Morgan fingerprint density at radius 1 is 1.15 bits per heavy atom. The SMILES string of the molecule is CCCCN1C(=O)CC[C@H](C(=O)Nc2ccc3c(c2)OCCCO3)[C@H]1c1ccccc1OC. The number of benzene rings is 2. The number of amides is 2. The zero-order valence-electron chi connectivity index (χ0n) is 19.3. The van der Waals surface area contributed by atoms with E-state index in [0.29, 0.717) is 55.5 Å². The predicted molar refractivity (Wildman–Crippen MR) is 126 cm³/mol. The molecule has 2 aliphatic rings. The second-order valence-electron chi connectivity index (χ2n) is 8.47. The van der Waals surface area contributed by atoms with Crippen molar-refractivity contribution < 1.29 is 23.8 Å². The van der Waals surface area contributed by atoms with Gasteiger partial charge in [0.1, 0.15) is 5.75 Å². The topological polar surface area (TPSA) is 77.1 Å². The van der Waals surface area contributed by atoms with Crippen LogP contribution < -0.4 is 19.5 Å². The van der Waals surface area contributed by atoms with E-state index in [4.69, 9.17) is 14.2 Å². The maximum atomic E-state index is 13.6. The maximum absolute atomic E-state index is 13.6. The molecule has 2 aliphatic heterocycles. The molecular formula is C26H32N2O5. The third kappa shape index (κ3) is 5.07. The zero-order valence-corrected chi connectivity index (χ0v) is 19.3. The van der Waals surface area contributed by atoms with E-state index in [2.05, 4.69) is 12.2 Å². The van der Waals surface area contributed by atoms with E-state index in [0.717, 1.165) is 24.8 Å². The van der Waals surface area contributed by atoms with Crippen LogP contribution in [-0.2, 0) is 9.59 Å². The van der Waals surface area contributed by atoms with Crippen molar-refractivity contribution in [2.75, 3.05) is 32.2 Å². The minimum atomic E-state index is -0.396. The number of nitrogens with one attached hydrogen (secondary N) is 1. The minimum absolute atomic E-state index is 0.0824. The highest BCUT2D eigenvalue weighted by Gasteiger charge is 2.41. The number of anilines is 1. The normalized spacial score (nSPS) is 20.2. The Labute approximate surface area is 195 Å². The molecule has 0 unspecified atom stereocenters. The Balaban J connectivity index is 1.63. The van der Waals surface area contributed by atoms with Gasteiger partial charge in [-0.2, -0.15) is 0 Å². The number of carbonyl (C=O) groups is 2. The lowest BCUT2D eigenvalue weighted by atomic mass is 9.83. The molecule has 176 valence electrons. The molecule has 0 bridgehead atoms. The van der Waals surface area contributed by atoms with Crippen molar-refractivity contribution in [2.45, 2.75) is 45.1 Å². The smallest absolute Gasteiger partial charge is 0.229 e. The van der Waals surface area contributed by atoms with Gasteiger partial charge in [-0.15, -0.1) is 0 Å². The molecule has 2 atom stereocenters. The van der Waals surface area contributed by atoms with E-state index in [1.165, 1.54) is 0 Å². The monoisotopic (exact) mass is 452 g/mol. The van der Waals surface area contributed by atoms with E-state index in [1.54, 1.807) is 13.2 Å². The van der Waals surface area contributed by atoms with Crippen LogP contribution in [0.3, 0.4) is 0 Å². The molecule has 2 aromatic carbocycles. The van der Waals surface area contributed by atoms with Gasteiger partial charge in [-0.05, 0) is 31.0 Å². The van der Waals surface area contributed by atoms with E-state index >= 15 is 0 Å². The first-order chi connectivity index (χ1) is 16.1. The number of ether oxygens (including phenoxy) is 3. The van der Waals surface area contributed by atoms with Crippen LogP contribution in [0.15, 0.2) is 42.5 Å². The summed E-state index contributed by atoms with van der Waals surface area (Å²) in [5.41, 5.74) is 1.52. The molecule has 1 saturated heterocycles. The molecule has 2 amide bonds. The molecule has 1 N–H and O–H groups in total. The fourth-order valence-corrected chi connectivity index (χ4v) is 4.59. The number of carbonyl (C=O) groups excluding carboxylic acids is 2. The van der Waals surface area contributed by atoms with Crippen LogP contribution in [0.2, 0.25) is 0 Å². The van der Waals surface area contributed by atoms with Crippen molar-refractivity contribution in [1.82, 2.24) is 4.90 Å². The average molecular weight is 453 g/mol. The average Bonchev–Trinajstić information content (AvgIpc) is 3.08. The summed E-state index contributed by atoms with van der Waals surface area (Å²) in [5, 5.41) is 3.06. The third-order valence-corrected chi connectivity index (χ3v) is 6.27. The fraction of sp³-hybridized carbons (Fsp3) is 0.462. The molecule has 2 heterocycles. The van der Waals surface area contributed by atoms with Crippen molar-refractivity contribution in [3.05, 3.63) is 48.0 Å². The second-order valence-corrected chi connectivity index (χ2v) is 8.47. The quantitative estimate of drug-likeness (QED) is 0.666. The number of likely N-dealkylation sites (tertiary alicyclic amines) is 1. The third-order valence-electron chi connectivity index (χ3n) is 6.27. The first kappa shape index (κ1) is 23.0. The number of para-hydroxylation sites is 1. The van der Waals surface area contributed by atoms with Gasteiger partial charge in [-0.25, -0.2) is 0 Å². The summed E-state index contributed by atoms with van der Waals surface area (Å²) in [6.07, 6.45) is 3.51. The van der Waals surface area contributed by atoms with Crippen molar-refractivity contribution >= 4 is 17.5 Å². The van der Waals surface area contributed by atoms with Gasteiger partial charge < -0.3 is 24.4 Å². The molecule has 4 rings (SSSR count). The van der Waals surface area contributed by atoms with Crippen LogP contribution in [0.25, 0.3) is 0 Å². The predicted octanol–water partition coefficient (Wildman–Crippen LogP) is 4.58. The Bertz CT molecular complexity index is 992. The van der Waals surface area contributed by atoms with E-state index in [1.807, 2.05) is 41.3 Å². The van der Waals surface area contributed by atoms with Gasteiger partial charge in [-0.1, -0.05) is 31.5 Å². The van der Waals surface area contributed by atoms with Crippen molar-refractivity contribution in [2.24, 2.45) is 5.92 Å². The lowest BCUT2D eigenvalue weighted by molar-refractivity contribution is -0.142. The fourth-order valence-electron chi connectivity index (χ4n) is 4.59.